The summed E-state index contributed by atoms with van der Waals surface area (Å²) in [4.78, 5) is 10.1. The molecular weight excluding hydrogens is 168 g/mol. The average Bonchev–Trinajstić information content (AvgIpc) is 2.05. The normalized spacial score (nSPS) is 11.6. The first kappa shape index (κ1) is 12.6. The van der Waals surface area contributed by atoms with Crippen LogP contribution in [0.2, 0.25) is 0 Å². The van der Waals surface area contributed by atoms with Crippen molar-refractivity contribution in [3.63, 3.8) is 0 Å². The van der Waals surface area contributed by atoms with Gasteiger partial charge in [0.15, 0.2) is 5.79 Å². The maximum Gasteiger partial charge on any atom is 0.165 e. The summed E-state index contributed by atoms with van der Waals surface area (Å²) in [6.07, 6.45) is 3.10. The van der Waals surface area contributed by atoms with E-state index in [-0.39, 0.29) is 0 Å². The molecule has 0 aliphatic rings. The SMILES string of the molecule is CCOC(C)(CCCC=O)OCC. The highest BCUT2D eigenvalue weighted by molar-refractivity contribution is 5.48. The van der Waals surface area contributed by atoms with Crippen molar-refractivity contribution < 1.29 is 14.3 Å². The van der Waals surface area contributed by atoms with Crippen molar-refractivity contribution in [3.8, 4) is 0 Å². The predicted molar refractivity (Wildman–Crippen MR) is 51.6 cm³/mol. The molecule has 0 heterocycles. The van der Waals surface area contributed by atoms with Gasteiger partial charge in [0.05, 0.1) is 0 Å². The molecule has 0 bridgehead atoms. The monoisotopic (exact) mass is 188 g/mol. The van der Waals surface area contributed by atoms with Gasteiger partial charge in [-0.1, -0.05) is 0 Å². The summed E-state index contributed by atoms with van der Waals surface area (Å²) in [5, 5.41) is 0. The first-order valence-electron chi connectivity index (χ1n) is 4.90. The van der Waals surface area contributed by atoms with E-state index in [0.29, 0.717) is 19.6 Å². The fraction of sp³-hybridized carbons (Fsp3) is 0.900. The molecule has 0 aliphatic heterocycles. The minimum atomic E-state index is -0.507. The summed E-state index contributed by atoms with van der Waals surface area (Å²) in [6, 6.07) is 0. The van der Waals surface area contributed by atoms with Crippen LogP contribution in [0.5, 0.6) is 0 Å². The lowest BCUT2D eigenvalue weighted by molar-refractivity contribution is -0.224. The number of carbonyl (C=O) groups excluding carboxylic acids is 1. The van der Waals surface area contributed by atoms with Crippen LogP contribution in [0.1, 0.15) is 40.0 Å². The number of aldehydes is 1. The zero-order valence-electron chi connectivity index (χ0n) is 8.84. The van der Waals surface area contributed by atoms with Crippen LogP contribution >= 0.6 is 0 Å². The molecule has 0 aromatic carbocycles. The zero-order chi connectivity index (χ0) is 10.2. The van der Waals surface area contributed by atoms with Crippen LogP contribution in [0.15, 0.2) is 0 Å². The Morgan fingerprint density at radius 2 is 1.77 bits per heavy atom. The highest BCUT2D eigenvalue weighted by atomic mass is 16.7. The van der Waals surface area contributed by atoms with E-state index in [2.05, 4.69) is 0 Å². The Bertz CT molecular complexity index is 128. The smallest absolute Gasteiger partial charge is 0.165 e. The molecule has 0 N–H and O–H groups in total. The van der Waals surface area contributed by atoms with E-state index in [1.807, 2.05) is 20.8 Å². The van der Waals surface area contributed by atoms with Gasteiger partial charge >= 0.3 is 0 Å². The highest BCUT2D eigenvalue weighted by Crippen LogP contribution is 2.19. The highest BCUT2D eigenvalue weighted by Gasteiger charge is 2.23. The predicted octanol–water partition coefficient (Wildman–Crippen LogP) is 2.14. The summed E-state index contributed by atoms with van der Waals surface area (Å²) in [5.41, 5.74) is 0. The van der Waals surface area contributed by atoms with Crippen LogP contribution in [0.3, 0.4) is 0 Å². The Morgan fingerprint density at radius 3 is 2.15 bits per heavy atom. The Hall–Kier alpha value is -0.410. The summed E-state index contributed by atoms with van der Waals surface area (Å²) >= 11 is 0. The molecule has 0 aliphatic carbocycles. The van der Waals surface area contributed by atoms with Gasteiger partial charge in [-0.15, -0.1) is 0 Å². The molecule has 0 spiro atoms. The van der Waals surface area contributed by atoms with E-state index < -0.39 is 5.79 Å². The summed E-state index contributed by atoms with van der Waals surface area (Å²) in [6.45, 7) is 7.08. The van der Waals surface area contributed by atoms with Gasteiger partial charge < -0.3 is 14.3 Å². The fourth-order valence-corrected chi connectivity index (χ4v) is 1.30. The molecule has 0 rings (SSSR count). The second-order valence-electron chi connectivity index (χ2n) is 3.06. The van der Waals surface area contributed by atoms with Crippen molar-refractivity contribution in [3.05, 3.63) is 0 Å². The lowest BCUT2D eigenvalue weighted by Crippen LogP contribution is -2.32. The van der Waals surface area contributed by atoms with Crippen LogP contribution < -0.4 is 0 Å². The van der Waals surface area contributed by atoms with E-state index in [0.717, 1.165) is 19.1 Å². The van der Waals surface area contributed by atoms with E-state index in [4.69, 9.17) is 9.47 Å². The van der Waals surface area contributed by atoms with Gasteiger partial charge in [0.1, 0.15) is 6.29 Å². The molecule has 3 heteroatoms. The molecule has 0 aromatic rings. The molecule has 0 saturated carbocycles. The number of hydrogen-bond acceptors (Lipinski definition) is 3. The lowest BCUT2D eigenvalue weighted by atomic mass is 10.1. The Labute approximate surface area is 80.4 Å². The Balaban J connectivity index is 3.83. The van der Waals surface area contributed by atoms with E-state index in [9.17, 15) is 4.79 Å². The third kappa shape index (κ3) is 5.77. The quantitative estimate of drug-likeness (QED) is 0.332. The number of rotatable bonds is 8. The van der Waals surface area contributed by atoms with Crippen LogP contribution in [0.25, 0.3) is 0 Å². The van der Waals surface area contributed by atoms with Crippen molar-refractivity contribution in [1.82, 2.24) is 0 Å². The molecule has 3 nitrogen and oxygen atoms in total. The minimum Gasteiger partial charge on any atom is -0.351 e. The first-order valence-corrected chi connectivity index (χ1v) is 4.90. The van der Waals surface area contributed by atoms with Crippen molar-refractivity contribution >= 4 is 6.29 Å². The van der Waals surface area contributed by atoms with Crippen molar-refractivity contribution in [2.24, 2.45) is 0 Å². The number of unbranched alkanes of at least 4 members (excludes halogenated alkanes) is 1. The minimum absolute atomic E-state index is 0.507. The van der Waals surface area contributed by atoms with E-state index >= 15 is 0 Å². The second-order valence-corrected chi connectivity index (χ2v) is 3.06. The third-order valence-corrected chi connectivity index (χ3v) is 1.85. The maximum atomic E-state index is 10.1. The molecule has 13 heavy (non-hydrogen) atoms. The molecule has 0 atom stereocenters. The molecule has 0 amide bonds. The van der Waals surface area contributed by atoms with Crippen molar-refractivity contribution in [2.75, 3.05) is 13.2 Å². The van der Waals surface area contributed by atoms with Gasteiger partial charge in [0.2, 0.25) is 0 Å². The van der Waals surface area contributed by atoms with Crippen molar-refractivity contribution in [2.45, 2.75) is 45.8 Å². The molecule has 0 radical (unpaired) electrons. The van der Waals surface area contributed by atoms with Crippen LogP contribution in [0.4, 0.5) is 0 Å². The number of carbonyl (C=O) groups is 1. The number of ether oxygens (including phenoxy) is 2. The fourth-order valence-electron chi connectivity index (χ4n) is 1.30. The Kier molecular flexibility index (Phi) is 6.82. The topological polar surface area (TPSA) is 35.5 Å². The van der Waals surface area contributed by atoms with Gasteiger partial charge in [0, 0.05) is 26.1 Å². The number of hydrogen-bond donors (Lipinski definition) is 0. The summed E-state index contributed by atoms with van der Waals surface area (Å²) in [7, 11) is 0. The van der Waals surface area contributed by atoms with Gasteiger partial charge in [-0.3, -0.25) is 0 Å². The standard InChI is InChI=1S/C10H20O3/c1-4-12-10(3,13-5-2)8-6-7-9-11/h9H,4-8H2,1-3H3. The van der Waals surface area contributed by atoms with E-state index in [1.54, 1.807) is 0 Å². The lowest BCUT2D eigenvalue weighted by Gasteiger charge is -2.28. The zero-order valence-corrected chi connectivity index (χ0v) is 8.84. The van der Waals surface area contributed by atoms with Gasteiger partial charge in [0.25, 0.3) is 0 Å². The second kappa shape index (κ2) is 7.04. The van der Waals surface area contributed by atoms with Gasteiger partial charge in [-0.05, 0) is 27.2 Å². The van der Waals surface area contributed by atoms with Crippen LogP contribution in [-0.4, -0.2) is 25.3 Å². The van der Waals surface area contributed by atoms with Crippen LogP contribution in [-0.2, 0) is 14.3 Å². The average molecular weight is 188 g/mol. The molecule has 0 unspecified atom stereocenters. The first-order chi connectivity index (χ1) is 6.18. The van der Waals surface area contributed by atoms with Crippen LogP contribution in [0, 0.1) is 0 Å². The third-order valence-electron chi connectivity index (χ3n) is 1.85. The molecule has 0 saturated heterocycles. The maximum absolute atomic E-state index is 10.1. The van der Waals surface area contributed by atoms with Gasteiger partial charge in [-0.2, -0.15) is 0 Å². The summed E-state index contributed by atoms with van der Waals surface area (Å²) < 4.78 is 11.0. The Morgan fingerprint density at radius 1 is 1.23 bits per heavy atom. The molecular formula is C10H20O3. The van der Waals surface area contributed by atoms with Crippen molar-refractivity contribution in [1.29, 1.82) is 0 Å². The molecule has 0 aromatic heterocycles. The molecule has 78 valence electrons. The summed E-state index contributed by atoms with van der Waals surface area (Å²) in [5.74, 6) is -0.507. The van der Waals surface area contributed by atoms with E-state index in [1.165, 1.54) is 0 Å². The van der Waals surface area contributed by atoms with Gasteiger partial charge in [-0.25, -0.2) is 0 Å². The largest absolute Gasteiger partial charge is 0.351 e. The molecule has 0 fully saturated rings.